The predicted molar refractivity (Wildman–Crippen MR) is 126 cm³/mol. The Bertz CT molecular complexity index is 1360. The van der Waals surface area contributed by atoms with E-state index in [1.807, 2.05) is 53.5 Å². The van der Waals surface area contributed by atoms with Crippen molar-refractivity contribution in [2.75, 3.05) is 19.5 Å². The molecule has 3 aromatic heterocycles. The minimum Gasteiger partial charge on any atom is -0.497 e. The van der Waals surface area contributed by atoms with Crippen LogP contribution in [0.1, 0.15) is 5.56 Å². The second-order valence-electron chi connectivity index (χ2n) is 7.43. The van der Waals surface area contributed by atoms with E-state index in [0.717, 1.165) is 51.6 Å². The zero-order chi connectivity index (χ0) is 21.9. The fourth-order valence-electron chi connectivity index (χ4n) is 3.74. The Morgan fingerprint density at radius 3 is 2.69 bits per heavy atom. The number of benzene rings is 2. The molecular weight excluding hydrogens is 402 g/mol. The summed E-state index contributed by atoms with van der Waals surface area (Å²) in [4.78, 5) is 7.84. The van der Waals surface area contributed by atoms with Gasteiger partial charge in [0.15, 0.2) is 0 Å². The van der Waals surface area contributed by atoms with Crippen molar-refractivity contribution < 1.29 is 9.47 Å². The molecule has 0 spiro atoms. The van der Waals surface area contributed by atoms with Crippen molar-refractivity contribution in [2.24, 2.45) is 0 Å². The summed E-state index contributed by atoms with van der Waals surface area (Å²) in [6.07, 6.45) is 7.70. The number of aromatic amines is 1. The topological polar surface area (TPSA) is 77.0 Å². The van der Waals surface area contributed by atoms with Gasteiger partial charge in [-0.3, -0.25) is 4.68 Å². The Kier molecular flexibility index (Phi) is 5.21. The zero-order valence-electron chi connectivity index (χ0n) is 17.9. The van der Waals surface area contributed by atoms with Gasteiger partial charge in [0.2, 0.25) is 0 Å². The van der Waals surface area contributed by atoms with Gasteiger partial charge in [0.25, 0.3) is 0 Å². The molecule has 0 aliphatic rings. The van der Waals surface area contributed by atoms with Crippen LogP contribution in [0.4, 0.5) is 11.4 Å². The van der Waals surface area contributed by atoms with Crippen LogP contribution in [0.2, 0.25) is 0 Å². The van der Waals surface area contributed by atoms with Crippen molar-refractivity contribution >= 4 is 22.4 Å². The third kappa shape index (κ3) is 3.88. The van der Waals surface area contributed by atoms with E-state index in [9.17, 15) is 0 Å². The first-order chi connectivity index (χ1) is 15.7. The van der Waals surface area contributed by atoms with Crippen molar-refractivity contribution in [3.63, 3.8) is 0 Å². The number of nitrogens with one attached hydrogen (secondary N) is 2. The van der Waals surface area contributed by atoms with E-state index < -0.39 is 0 Å². The highest BCUT2D eigenvalue weighted by Crippen LogP contribution is 2.34. The van der Waals surface area contributed by atoms with Crippen LogP contribution in [0.5, 0.6) is 11.5 Å². The first-order valence-corrected chi connectivity index (χ1v) is 10.3. The lowest BCUT2D eigenvalue weighted by molar-refractivity contribution is 0.405. The van der Waals surface area contributed by atoms with Crippen LogP contribution >= 0.6 is 0 Å². The van der Waals surface area contributed by atoms with Crippen LogP contribution in [0.15, 0.2) is 79.4 Å². The summed E-state index contributed by atoms with van der Waals surface area (Å²) in [5.41, 5.74) is 5.76. The number of aromatic nitrogens is 4. The van der Waals surface area contributed by atoms with Gasteiger partial charge in [0.1, 0.15) is 17.1 Å². The van der Waals surface area contributed by atoms with E-state index in [1.54, 1.807) is 20.4 Å². The van der Waals surface area contributed by atoms with Crippen LogP contribution < -0.4 is 14.8 Å². The van der Waals surface area contributed by atoms with E-state index in [-0.39, 0.29) is 0 Å². The molecule has 0 atom stereocenters. The van der Waals surface area contributed by atoms with Gasteiger partial charge in [-0.2, -0.15) is 5.10 Å². The molecule has 0 aliphatic carbocycles. The normalized spacial score (nSPS) is 10.9. The summed E-state index contributed by atoms with van der Waals surface area (Å²) in [6.45, 7) is 0.726. The van der Waals surface area contributed by atoms with Gasteiger partial charge in [-0.05, 0) is 23.8 Å². The zero-order valence-corrected chi connectivity index (χ0v) is 17.9. The van der Waals surface area contributed by atoms with E-state index in [1.165, 1.54) is 5.56 Å². The molecule has 0 saturated carbocycles. The molecule has 0 unspecified atom stereocenters. The summed E-state index contributed by atoms with van der Waals surface area (Å²) in [7, 11) is 3.29. The van der Waals surface area contributed by atoms with Crippen molar-refractivity contribution in [2.45, 2.75) is 6.54 Å². The second kappa shape index (κ2) is 8.47. The molecular formula is C25H23N5O2. The molecule has 160 valence electrons. The summed E-state index contributed by atoms with van der Waals surface area (Å²) in [5.74, 6) is 1.47. The van der Waals surface area contributed by atoms with Crippen LogP contribution in [-0.2, 0) is 6.54 Å². The van der Waals surface area contributed by atoms with E-state index in [4.69, 9.17) is 9.47 Å². The fourth-order valence-corrected chi connectivity index (χ4v) is 3.74. The average Bonchev–Trinajstić information content (AvgIpc) is 3.46. The Morgan fingerprint density at radius 2 is 1.88 bits per heavy atom. The highest BCUT2D eigenvalue weighted by atomic mass is 16.5. The summed E-state index contributed by atoms with van der Waals surface area (Å²) < 4.78 is 12.8. The number of H-pyrrole nitrogens is 1. The lowest BCUT2D eigenvalue weighted by Gasteiger charge is -2.12. The maximum absolute atomic E-state index is 5.48. The molecule has 2 N–H and O–H groups in total. The van der Waals surface area contributed by atoms with Gasteiger partial charge >= 0.3 is 0 Å². The summed E-state index contributed by atoms with van der Waals surface area (Å²) >= 11 is 0. The standard InChI is InChI=1S/C25H23N5O2/c1-31-20-8-9-24(32-2)23(11-20)29-19-10-21-22(14-27-25(21)26-13-19)18-12-28-30(16-18)15-17-6-4-3-5-7-17/h3-14,16,29H,15H2,1-2H3,(H,26,27). The van der Waals surface area contributed by atoms with Crippen LogP contribution in [0.3, 0.4) is 0 Å². The predicted octanol–water partition coefficient (Wildman–Crippen LogP) is 5.24. The van der Waals surface area contributed by atoms with E-state index in [2.05, 4.69) is 44.8 Å². The minimum absolute atomic E-state index is 0.724. The van der Waals surface area contributed by atoms with Crippen molar-refractivity contribution in [1.29, 1.82) is 0 Å². The molecule has 0 saturated heterocycles. The van der Waals surface area contributed by atoms with Gasteiger partial charge in [-0.25, -0.2) is 4.98 Å². The number of hydrogen-bond acceptors (Lipinski definition) is 5. The molecule has 7 nitrogen and oxygen atoms in total. The number of ether oxygens (including phenoxy) is 2. The van der Waals surface area contributed by atoms with Crippen LogP contribution in [0, 0.1) is 0 Å². The lowest BCUT2D eigenvalue weighted by Crippen LogP contribution is -1.99. The molecule has 3 heterocycles. The highest BCUT2D eigenvalue weighted by Gasteiger charge is 2.12. The highest BCUT2D eigenvalue weighted by molar-refractivity contribution is 5.95. The third-order valence-corrected chi connectivity index (χ3v) is 5.35. The lowest BCUT2D eigenvalue weighted by atomic mass is 10.1. The smallest absolute Gasteiger partial charge is 0.142 e. The number of hydrogen-bond donors (Lipinski definition) is 2. The van der Waals surface area contributed by atoms with Crippen molar-refractivity contribution in [3.05, 3.63) is 84.9 Å². The van der Waals surface area contributed by atoms with Gasteiger partial charge in [-0.1, -0.05) is 30.3 Å². The molecule has 0 amide bonds. The molecule has 0 aliphatic heterocycles. The van der Waals surface area contributed by atoms with Crippen molar-refractivity contribution in [1.82, 2.24) is 19.7 Å². The summed E-state index contributed by atoms with van der Waals surface area (Å²) in [5, 5.41) is 8.95. The molecule has 7 heteroatoms. The fraction of sp³-hybridized carbons (Fsp3) is 0.120. The molecule has 32 heavy (non-hydrogen) atoms. The quantitative estimate of drug-likeness (QED) is 0.373. The van der Waals surface area contributed by atoms with E-state index in [0.29, 0.717) is 0 Å². The number of methoxy groups -OCH3 is 2. The average molecular weight is 425 g/mol. The van der Waals surface area contributed by atoms with Gasteiger partial charge in [-0.15, -0.1) is 0 Å². The molecule has 5 rings (SSSR count). The van der Waals surface area contributed by atoms with Gasteiger partial charge in [0, 0.05) is 35.0 Å². The molecule has 0 bridgehead atoms. The monoisotopic (exact) mass is 425 g/mol. The maximum atomic E-state index is 5.48. The molecule has 0 radical (unpaired) electrons. The largest absolute Gasteiger partial charge is 0.497 e. The molecule has 5 aromatic rings. The van der Waals surface area contributed by atoms with E-state index >= 15 is 0 Å². The van der Waals surface area contributed by atoms with Crippen molar-refractivity contribution in [3.8, 4) is 22.6 Å². The number of rotatable bonds is 7. The Labute approximate surface area is 185 Å². The second-order valence-corrected chi connectivity index (χ2v) is 7.43. The number of nitrogens with zero attached hydrogens (tertiary/aromatic N) is 3. The SMILES string of the molecule is COc1ccc(OC)c(Nc2cnc3[nH]cc(-c4cnn(Cc5ccccc5)c4)c3c2)c1. The Hall–Kier alpha value is -4.26. The Morgan fingerprint density at radius 1 is 1.00 bits per heavy atom. The summed E-state index contributed by atoms with van der Waals surface area (Å²) in [6, 6.07) is 18.0. The Balaban J connectivity index is 1.45. The van der Waals surface area contributed by atoms with Gasteiger partial charge in [0.05, 0.1) is 44.5 Å². The molecule has 0 fully saturated rings. The van der Waals surface area contributed by atoms with Gasteiger partial charge < -0.3 is 19.8 Å². The first-order valence-electron chi connectivity index (χ1n) is 10.3. The number of anilines is 2. The molecule has 2 aromatic carbocycles. The number of pyridine rings is 1. The first kappa shape index (κ1) is 19.7. The minimum atomic E-state index is 0.724. The number of fused-ring (bicyclic) bond motifs is 1. The van der Waals surface area contributed by atoms with Crippen LogP contribution in [-0.4, -0.2) is 34.0 Å². The maximum Gasteiger partial charge on any atom is 0.142 e. The van der Waals surface area contributed by atoms with Crippen LogP contribution in [0.25, 0.3) is 22.2 Å². The third-order valence-electron chi connectivity index (χ3n) is 5.35.